The molecule has 0 bridgehead atoms. The van der Waals surface area contributed by atoms with Gasteiger partial charge in [0.05, 0.1) is 5.69 Å². The summed E-state index contributed by atoms with van der Waals surface area (Å²) in [4.78, 5) is 17.2. The molecule has 4 rings (SSSR count). The normalized spacial score (nSPS) is 10.8. The molecule has 26 heavy (non-hydrogen) atoms. The van der Waals surface area contributed by atoms with Gasteiger partial charge >= 0.3 is 0 Å². The number of fused-ring (bicyclic) bond motifs is 1. The van der Waals surface area contributed by atoms with Crippen molar-refractivity contribution in [3.63, 3.8) is 0 Å². The summed E-state index contributed by atoms with van der Waals surface area (Å²) in [5.41, 5.74) is 5.31. The number of carbonyl (C=O) groups excluding carboxylic acids is 1. The minimum atomic E-state index is -0.138. The average Bonchev–Trinajstić information content (AvgIpc) is 3.12. The molecule has 0 spiro atoms. The molecule has 0 atom stereocenters. The predicted molar refractivity (Wildman–Crippen MR) is 104 cm³/mol. The summed E-state index contributed by atoms with van der Waals surface area (Å²) >= 11 is 0. The Hall–Kier alpha value is -3.40. The van der Waals surface area contributed by atoms with Crippen LogP contribution in [0.25, 0.3) is 16.9 Å². The molecule has 4 nitrogen and oxygen atoms in total. The second-order valence-corrected chi connectivity index (χ2v) is 6.18. The summed E-state index contributed by atoms with van der Waals surface area (Å²) < 4.78 is 1.93. The lowest BCUT2D eigenvalue weighted by Gasteiger charge is -2.06. The van der Waals surface area contributed by atoms with Crippen LogP contribution in [0.4, 0.5) is 5.69 Å². The molecule has 1 N–H and O–H groups in total. The average molecular weight is 341 g/mol. The van der Waals surface area contributed by atoms with Gasteiger partial charge in [0.1, 0.15) is 5.65 Å². The van der Waals surface area contributed by atoms with Gasteiger partial charge in [0.2, 0.25) is 0 Å². The second kappa shape index (κ2) is 6.84. The van der Waals surface area contributed by atoms with Gasteiger partial charge in [0, 0.05) is 29.2 Å². The predicted octanol–water partition coefficient (Wildman–Crippen LogP) is 4.82. The summed E-state index contributed by atoms with van der Waals surface area (Å²) in [7, 11) is 0. The highest BCUT2D eigenvalue weighted by Gasteiger charge is 2.10. The van der Waals surface area contributed by atoms with Crippen LogP contribution in [-0.2, 0) is 6.42 Å². The molecule has 0 aliphatic rings. The summed E-state index contributed by atoms with van der Waals surface area (Å²) in [5, 5.41) is 2.94. The van der Waals surface area contributed by atoms with Crippen molar-refractivity contribution in [2.75, 3.05) is 5.32 Å². The van der Waals surface area contributed by atoms with Crippen LogP contribution >= 0.6 is 0 Å². The molecular formula is C22H19N3O. The van der Waals surface area contributed by atoms with Crippen molar-refractivity contribution in [3.8, 4) is 11.3 Å². The van der Waals surface area contributed by atoms with Gasteiger partial charge in [0.25, 0.3) is 5.91 Å². The molecule has 2 aromatic carbocycles. The molecule has 0 saturated carbocycles. The minimum Gasteiger partial charge on any atom is -0.322 e. The summed E-state index contributed by atoms with van der Waals surface area (Å²) in [6.45, 7) is 2.11. The third kappa shape index (κ3) is 3.22. The van der Waals surface area contributed by atoms with E-state index in [1.807, 2.05) is 77.5 Å². The van der Waals surface area contributed by atoms with E-state index in [9.17, 15) is 4.79 Å². The molecule has 2 heterocycles. The maximum absolute atomic E-state index is 12.5. The zero-order valence-electron chi connectivity index (χ0n) is 14.5. The Kier molecular flexibility index (Phi) is 4.23. The highest BCUT2D eigenvalue weighted by molar-refractivity contribution is 6.04. The van der Waals surface area contributed by atoms with Crippen LogP contribution < -0.4 is 5.32 Å². The molecule has 2 aromatic heterocycles. The lowest BCUT2D eigenvalue weighted by molar-refractivity contribution is 0.102. The number of anilines is 1. The lowest BCUT2D eigenvalue weighted by atomic mass is 10.1. The van der Waals surface area contributed by atoms with E-state index >= 15 is 0 Å². The van der Waals surface area contributed by atoms with E-state index in [0.29, 0.717) is 5.56 Å². The first-order chi connectivity index (χ1) is 12.7. The summed E-state index contributed by atoms with van der Waals surface area (Å²) in [6.07, 6.45) is 4.81. The van der Waals surface area contributed by atoms with Gasteiger partial charge in [-0.2, -0.15) is 0 Å². The van der Waals surface area contributed by atoms with Crippen LogP contribution in [0.5, 0.6) is 0 Å². The lowest BCUT2D eigenvalue weighted by Crippen LogP contribution is -2.12. The maximum atomic E-state index is 12.5. The number of rotatable bonds is 4. The quantitative estimate of drug-likeness (QED) is 0.579. The number of imidazole rings is 1. The van der Waals surface area contributed by atoms with Gasteiger partial charge in [0.15, 0.2) is 0 Å². The smallest absolute Gasteiger partial charge is 0.255 e. The fourth-order valence-corrected chi connectivity index (χ4v) is 2.90. The van der Waals surface area contributed by atoms with Crippen LogP contribution in [0.2, 0.25) is 0 Å². The number of aromatic nitrogens is 2. The fraction of sp³-hybridized carbons (Fsp3) is 0.0909. The van der Waals surface area contributed by atoms with E-state index in [1.165, 1.54) is 5.56 Å². The Morgan fingerprint density at radius 1 is 1.04 bits per heavy atom. The molecular weight excluding hydrogens is 322 g/mol. The highest BCUT2D eigenvalue weighted by atomic mass is 16.1. The molecule has 0 saturated heterocycles. The Morgan fingerprint density at radius 3 is 2.54 bits per heavy atom. The number of hydrogen-bond donors (Lipinski definition) is 1. The van der Waals surface area contributed by atoms with Crippen molar-refractivity contribution < 1.29 is 4.79 Å². The topological polar surface area (TPSA) is 46.4 Å². The van der Waals surface area contributed by atoms with Crippen molar-refractivity contribution in [1.29, 1.82) is 0 Å². The number of benzene rings is 2. The Balaban J connectivity index is 1.59. The summed E-state index contributed by atoms with van der Waals surface area (Å²) in [6, 6.07) is 21.5. The number of aryl methyl sites for hydroxylation is 1. The van der Waals surface area contributed by atoms with E-state index in [-0.39, 0.29) is 5.91 Å². The van der Waals surface area contributed by atoms with Gasteiger partial charge in [-0.15, -0.1) is 0 Å². The molecule has 128 valence electrons. The van der Waals surface area contributed by atoms with E-state index < -0.39 is 0 Å². The Morgan fingerprint density at radius 2 is 1.81 bits per heavy atom. The third-order valence-corrected chi connectivity index (χ3v) is 4.41. The van der Waals surface area contributed by atoms with Gasteiger partial charge < -0.3 is 9.72 Å². The highest BCUT2D eigenvalue weighted by Crippen LogP contribution is 2.20. The van der Waals surface area contributed by atoms with Crippen molar-refractivity contribution in [3.05, 3.63) is 90.3 Å². The molecule has 4 aromatic rings. The van der Waals surface area contributed by atoms with E-state index in [4.69, 9.17) is 0 Å². The van der Waals surface area contributed by atoms with E-state index in [0.717, 1.165) is 29.0 Å². The van der Waals surface area contributed by atoms with Gasteiger partial charge in [-0.05, 0) is 36.2 Å². The number of amides is 1. The molecule has 4 heteroatoms. The number of nitrogens with one attached hydrogen (secondary N) is 1. The van der Waals surface area contributed by atoms with Crippen molar-refractivity contribution in [1.82, 2.24) is 9.38 Å². The first-order valence-electron chi connectivity index (χ1n) is 8.67. The van der Waals surface area contributed by atoms with Crippen molar-refractivity contribution in [2.45, 2.75) is 13.3 Å². The fourth-order valence-electron chi connectivity index (χ4n) is 2.90. The zero-order chi connectivity index (χ0) is 17.9. The van der Waals surface area contributed by atoms with Gasteiger partial charge in [-0.1, -0.05) is 49.4 Å². The van der Waals surface area contributed by atoms with Crippen LogP contribution in [-0.4, -0.2) is 15.3 Å². The maximum Gasteiger partial charge on any atom is 0.255 e. The second-order valence-electron chi connectivity index (χ2n) is 6.18. The molecule has 0 aliphatic heterocycles. The number of hydrogen-bond acceptors (Lipinski definition) is 2. The molecule has 0 aliphatic carbocycles. The largest absolute Gasteiger partial charge is 0.322 e. The molecule has 1 amide bonds. The van der Waals surface area contributed by atoms with Crippen molar-refractivity contribution >= 4 is 17.2 Å². The zero-order valence-corrected chi connectivity index (χ0v) is 14.5. The molecule has 0 radical (unpaired) electrons. The first-order valence-corrected chi connectivity index (χ1v) is 8.67. The Bertz CT molecular complexity index is 1050. The third-order valence-electron chi connectivity index (χ3n) is 4.41. The Labute approximate surface area is 152 Å². The standard InChI is InChI=1S/C22H19N3O/c1-2-16-8-10-19(11-9-16)23-22(26)18-12-13-25-15-20(24-21(25)14-18)17-6-4-3-5-7-17/h3-15H,2H2,1H3,(H,23,26). The van der Waals surface area contributed by atoms with Crippen molar-refractivity contribution in [2.24, 2.45) is 0 Å². The first kappa shape index (κ1) is 16.1. The van der Waals surface area contributed by atoms with Crippen LogP contribution in [0.1, 0.15) is 22.8 Å². The number of pyridine rings is 1. The molecule has 0 fully saturated rings. The van der Waals surface area contributed by atoms with E-state index in [2.05, 4.69) is 17.2 Å². The SMILES string of the molecule is CCc1ccc(NC(=O)c2ccn3cc(-c4ccccc4)nc3c2)cc1. The minimum absolute atomic E-state index is 0.138. The van der Waals surface area contributed by atoms with Gasteiger partial charge in [-0.3, -0.25) is 4.79 Å². The number of nitrogens with zero attached hydrogens (tertiary/aromatic N) is 2. The van der Waals surface area contributed by atoms with Gasteiger partial charge in [-0.25, -0.2) is 4.98 Å². The van der Waals surface area contributed by atoms with Crippen LogP contribution in [0, 0.1) is 0 Å². The molecule has 0 unspecified atom stereocenters. The monoisotopic (exact) mass is 341 g/mol. The number of carbonyl (C=O) groups is 1. The van der Waals surface area contributed by atoms with Crippen LogP contribution in [0.15, 0.2) is 79.1 Å². The summed E-state index contributed by atoms with van der Waals surface area (Å²) in [5.74, 6) is -0.138. The van der Waals surface area contributed by atoms with E-state index in [1.54, 1.807) is 6.07 Å². The van der Waals surface area contributed by atoms with Crippen LogP contribution in [0.3, 0.4) is 0 Å².